The van der Waals surface area contributed by atoms with Gasteiger partial charge in [-0.05, 0) is 35.1 Å². The Bertz CT molecular complexity index is 972. The van der Waals surface area contributed by atoms with Gasteiger partial charge in [0.05, 0.1) is 0 Å². The number of carbonyl (C=O) groups excluding carboxylic acids is 2. The molecule has 0 unspecified atom stereocenters. The van der Waals surface area contributed by atoms with Gasteiger partial charge in [0, 0.05) is 19.4 Å². The van der Waals surface area contributed by atoms with Gasteiger partial charge in [0.2, 0.25) is 0 Å². The second kappa shape index (κ2) is 11.3. The van der Waals surface area contributed by atoms with Crippen molar-refractivity contribution < 1.29 is 29.0 Å². The van der Waals surface area contributed by atoms with Crippen LogP contribution in [0.3, 0.4) is 0 Å². The molecular formula is C26H29NO6. The molecule has 2 aromatic rings. The van der Waals surface area contributed by atoms with E-state index in [9.17, 15) is 19.5 Å². The smallest absolute Gasteiger partial charge is 0.410 e. The second-order valence-corrected chi connectivity index (χ2v) is 7.99. The summed E-state index contributed by atoms with van der Waals surface area (Å²) in [5.74, 6) is -1.56. The van der Waals surface area contributed by atoms with Gasteiger partial charge in [-0.3, -0.25) is 9.69 Å². The molecule has 174 valence electrons. The molecule has 33 heavy (non-hydrogen) atoms. The molecule has 1 atom stereocenters. The number of esters is 1. The molecule has 7 nitrogen and oxygen atoms in total. The summed E-state index contributed by atoms with van der Waals surface area (Å²) in [6, 6.07) is 15.0. The van der Waals surface area contributed by atoms with Crippen molar-refractivity contribution in [1.82, 2.24) is 4.90 Å². The molecule has 0 heterocycles. The minimum Gasteiger partial charge on any atom is -0.480 e. The van der Waals surface area contributed by atoms with E-state index < -0.39 is 18.1 Å². The molecular weight excluding hydrogens is 422 g/mol. The Labute approximate surface area is 193 Å². The van der Waals surface area contributed by atoms with Crippen molar-refractivity contribution in [2.75, 3.05) is 20.3 Å². The number of carboxylic acid groups (broad SMARTS) is 1. The molecule has 1 amide bonds. The van der Waals surface area contributed by atoms with E-state index in [4.69, 9.17) is 9.47 Å². The predicted octanol–water partition coefficient (Wildman–Crippen LogP) is 4.61. The first-order chi connectivity index (χ1) is 15.9. The van der Waals surface area contributed by atoms with Crippen molar-refractivity contribution in [2.24, 2.45) is 0 Å². The number of fused-ring (bicyclic) bond motifs is 3. The Hall–Kier alpha value is -3.61. The highest BCUT2D eigenvalue weighted by molar-refractivity contribution is 5.81. The fourth-order valence-corrected chi connectivity index (χ4v) is 4.14. The molecule has 0 bridgehead atoms. The van der Waals surface area contributed by atoms with Crippen LogP contribution < -0.4 is 0 Å². The van der Waals surface area contributed by atoms with Crippen molar-refractivity contribution in [3.63, 3.8) is 0 Å². The summed E-state index contributed by atoms with van der Waals surface area (Å²) in [7, 11) is 1.43. The third-order valence-electron chi connectivity index (χ3n) is 5.85. The molecule has 0 spiro atoms. The number of hydrogen-bond donors (Lipinski definition) is 1. The number of ether oxygens (including phenoxy) is 2. The number of unbranched alkanes of at least 4 members (excludes halogenated alkanes) is 1. The van der Waals surface area contributed by atoms with Gasteiger partial charge in [0.25, 0.3) is 0 Å². The lowest BCUT2D eigenvalue weighted by atomic mass is 9.98. The first kappa shape index (κ1) is 24.0. The Morgan fingerprint density at radius 1 is 1.03 bits per heavy atom. The van der Waals surface area contributed by atoms with Crippen LogP contribution in [0.1, 0.15) is 42.7 Å². The van der Waals surface area contributed by atoms with Gasteiger partial charge in [-0.1, -0.05) is 67.6 Å². The SMILES string of the molecule is C=CCOC(=O)CCCC[C@@H](C(=O)O)N(C)C(=O)OCC1c2ccccc2-c2ccccc21. The van der Waals surface area contributed by atoms with Gasteiger partial charge in [0.15, 0.2) is 0 Å². The normalized spacial score (nSPS) is 12.9. The lowest BCUT2D eigenvalue weighted by Crippen LogP contribution is -2.43. The molecule has 0 saturated heterocycles. The van der Waals surface area contributed by atoms with Gasteiger partial charge < -0.3 is 14.6 Å². The van der Waals surface area contributed by atoms with Gasteiger partial charge >= 0.3 is 18.0 Å². The van der Waals surface area contributed by atoms with E-state index in [-0.39, 0.29) is 37.9 Å². The summed E-state index contributed by atoms with van der Waals surface area (Å²) >= 11 is 0. The summed E-state index contributed by atoms with van der Waals surface area (Å²) in [5.41, 5.74) is 4.43. The molecule has 0 aliphatic heterocycles. The number of carboxylic acids is 1. The van der Waals surface area contributed by atoms with Crippen LogP contribution in [0, 0.1) is 0 Å². The fraction of sp³-hybridized carbons (Fsp3) is 0.346. The van der Waals surface area contributed by atoms with E-state index >= 15 is 0 Å². The van der Waals surface area contributed by atoms with Gasteiger partial charge in [0.1, 0.15) is 19.3 Å². The summed E-state index contributed by atoms with van der Waals surface area (Å²) in [4.78, 5) is 37.1. The lowest BCUT2D eigenvalue weighted by Gasteiger charge is -2.25. The topological polar surface area (TPSA) is 93.1 Å². The van der Waals surface area contributed by atoms with E-state index in [0.29, 0.717) is 12.8 Å². The van der Waals surface area contributed by atoms with Crippen molar-refractivity contribution in [1.29, 1.82) is 0 Å². The maximum Gasteiger partial charge on any atom is 0.410 e. The first-order valence-electron chi connectivity index (χ1n) is 11.0. The van der Waals surface area contributed by atoms with Crippen LogP contribution in [0.2, 0.25) is 0 Å². The third kappa shape index (κ3) is 5.80. The first-order valence-corrected chi connectivity index (χ1v) is 11.0. The highest BCUT2D eigenvalue weighted by Gasteiger charge is 2.31. The minimum absolute atomic E-state index is 0.0976. The number of aliphatic carboxylic acids is 1. The number of likely N-dealkylation sites (N-methyl/N-ethyl adjacent to an activating group) is 1. The van der Waals surface area contributed by atoms with E-state index in [1.54, 1.807) is 0 Å². The van der Waals surface area contributed by atoms with E-state index in [0.717, 1.165) is 27.2 Å². The van der Waals surface area contributed by atoms with Gasteiger partial charge in [-0.2, -0.15) is 0 Å². The van der Waals surface area contributed by atoms with Crippen LogP contribution in [0.15, 0.2) is 61.2 Å². The van der Waals surface area contributed by atoms with Crippen molar-refractivity contribution in [3.8, 4) is 11.1 Å². The average molecular weight is 452 g/mol. The summed E-state index contributed by atoms with van der Waals surface area (Å²) in [5, 5.41) is 9.61. The highest BCUT2D eigenvalue weighted by Crippen LogP contribution is 2.44. The van der Waals surface area contributed by atoms with Crippen molar-refractivity contribution in [3.05, 3.63) is 72.3 Å². The Morgan fingerprint density at radius 3 is 2.21 bits per heavy atom. The van der Waals surface area contributed by atoms with E-state index in [1.165, 1.54) is 13.1 Å². The minimum atomic E-state index is -1.11. The van der Waals surface area contributed by atoms with Gasteiger partial charge in [-0.25, -0.2) is 9.59 Å². The molecule has 1 aliphatic rings. The maximum atomic E-state index is 12.7. The summed E-state index contributed by atoms with van der Waals surface area (Å²) in [6.45, 7) is 3.76. The average Bonchev–Trinajstić information content (AvgIpc) is 3.14. The number of amides is 1. The molecule has 0 aromatic heterocycles. The molecule has 0 radical (unpaired) electrons. The predicted molar refractivity (Wildman–Crippen MR) is 124 cm³/mol. The zero-order chi connectivity index (χ0) is 23.8. The summed E-state index contributed by atoms with van der Waals surface area (Å²) < 4.78 is 10.5. The zero-order valence-electron chi connectivity index (χ0n) is 18.7. The number of rotatable bonds is 11. The molecule has 1 N–H and O–H groups in total. The van der Waals surface area contributed by atoms with E-state index in [1.807, 2.05) is 36.4 Å². The molecule has 0 saturated carbocycles. The maximum absolute atomic E-state index is 12.7. The second-order valence-electron chi connectivity index (χ2n) is 7.99. The molecule has 7 heteroatoms. The molecule has 1 aliphatic carbocycles. The molecule has 3 rings (SSSR count). The Kier molecular flexibility index (Phi) is 8.24. The number of benzene rings is 2. The quantitative estimate of drug-likeness (QED) is 0.305. The van der Waals surface area contributed by atoms with E-state index in [2.05, 4.69) is 18.7 Å². The highest BCUT2D eigenvalue weighted by atomic mass is 16.6. The van der Waals surface area contributed by atoms with Crippen LogP contribution in [0.4, 0.5) is 4.79 Å². The number of carbonyl (C=O) groups is 3. The Balaban J connectivity index is 1.56. The monoisotopic (exact) mass is 451 g/mol. The lowest BCUT2D eigenvalue weighted by molar-refractivity contribution is -0.142. The number of nitrogens with zero attached hydrogens (tertiary/aromatic N) is 1. The Morgan fingerprint density at radius 2 is 1.64 bits per heavy atom. The van der Waals surface area contributed by atoms with Gasteiger partial charge in [-0.15, -0.1) is 0 Å². The van der Waals surface area contributed by atoms with Crippen LogP contribution in [-0.4, -0.2) is 54.3 Å². The molecule has 2 aromatic carbocycles. The largest absolute Gasteiger partial charge is 0.480 e. The summed E-state index contributed by atoms with van der Waals surface area (Å²) in [6.07, 6.45) is 2.13. The van der Waals surface area contributed by atoms with Crippen LogP contribution in [0.5, 0.6) is 0 Å². The van der Waals surface area contributed by atoms with Crippen LogP contribution in [0.25, 0.3) is 11.1 Å². The van der Waals surface area contributed by atoms with Crippen molar-refractivity contribution in [2.45, 2.75) is 37.6 Å². The van der Waals surface area contributed by atoms with Crippen LogP contribution in [-0.2, 0) is 19.1 Å². The van der Waals surface area contributed by atoms with Crippen LogP contribution >= 0.6 is 0 Å². The van der Waals surface area contributed by atoms with Crippen molar-refractivity contribution >= 4 is 18.0 Å². The zero-order valence-corrected chi connectivity index (χ0v) is 18.7. The fourth-order valence-electron chi connectivity index (χ4n) is 4.14. The molecule has 0 fully saturated rings. The number of hydrogen-bond acceptors (Lipinski definition) is 5. The third-order valence-corrected chi connectivity index (χ3v) is 5.85. The standard InChI is InChI=1S/C26H29NO6/c1-3-16-32-24(28)15-9-8-14-23(25(29)30)27(2)26(31)33-17-22-20-12-6-4-10-18(20)19-11-5-7-13-21(19)22/h3-7,10-13,22-23H,1,8-9,14-17H2,2H3,(H,29,30)/t23-/m0/s1.